The Labute approximate surface area is 113 Å². The van der Waals surface area contributed by atoms with Crippen molar-refractivity contribution in [3.63, 3.8) is 0 Å². The Hall–Kier alpha value is -1.80. The predicted molar refractivity (Wildman–Crippen MR) is 70.8 cm³/mol. The van der Waals surface area contributed by atoms with E-state index in [2.05, 4.69) is 21.2 Å². The molecule has 1 aliphatic rings. The average molecular weight is 307 g/mol. The lowest BCUT2D eigenvalue weighted by Crippen LogP contribution is -2.15. The summed E-state index contributed by atoms with van der Waals surface area (Å²) in [5.74, 6) is -0.674. The number of aliphatic hydroxyl groups excluding tert-OH is 1. The summed E-state index contributed by atoms with van der Waals surface area (Å²) in [4.78, 5) is 11.8. The average Bonchev–Trinajstić information content (AvgIpc) is 3.17. The van der Waals surface area contributed by atoms with E-state index < -0.39 is 5.91 Å². The van der Waals surface area contributed by atoms with Crippen molar-refractivity contribution < 1.29 is 9.90 Å². The van der Waals surface area contributed by atoms with Crippen molar-refractivity contribution in [2.24, 2.45) is 5.92 Å². The number of amides is 1. The Morgan fingerprint density at radius 3 is 2.50 bits per heavy atom. The third-order valence-electron chi connectivity index (χ3n) is 2.66. The molecule has 1 aromatic carbocycles. The fraction of sp³-hybridized carbons (Fsp3) is 0.231. The Morgan fingerprint density at radius 1 is 1.39 bits per heavy atom. The molecule has 2 N–H and O–H groups in total. The molecular formula is C13H11BrN2O2. The van der Waals surface area contributed by atoms with Gasteiger partial charge in [0, 0.05) is 16.1 Å². The van der Waals surface area contributed by atoms with E-state index in [1.165, 1.54) is 0 Å². The van der Waals surface area contributed by atoms with Crippen LogP contribution in [0.2, 0.25) is 0 Å². The molecule has 0 radical (unpaired) electrons. The molecule has 0 bridgehead atoms. The summed E-state index contributed by atoms with van der Waals surface area (Å²) >= 11 is 3.29. The number of carbonyl (C=O) groups excluding carboxylic acids is 1. The van der Waals surface area contributed by atoms with E-state index in [1.807, 2.05) is 0 Å². The molecule has 1 saturated carbocycles. The fourth-order valence-electron chi connectivity index (χ4n) is 1.51. The number of aliphatic hydroxyl groups is 1. The zero-order valence-electron chi connectivity index (χ0n) is 9.48. The number of hydrogen-bond donors (Lipinski definition) is 2. The molecule has 0 atom stereocenters. The van der Waals surface area contributed by atoms with E-state index in [0.717, 1.165) is 17.3 Å². The van der Waals surface area contributed by atoms with Crippen LogP contribution in [-0.2, 0) is 4.79 Å². The molecule has 1 aliphatic carbocycles. The largest absolute Gasteiger partial charge is 0.510 e. The van der Waals surface area contributed by atoms with Gasteiger partial charge in [0.25, 0.3) is 5.91 Å². The van der Waals surface area contributed by atoms with Gasteiger partial charge in [-0.1, -0.05) is 15.9 Å². The normalized spacial score (nSPS) is 15.6. The highest BCUT2D eigenvalue weighted by Crippen LogP contribution is 2.36. The maximum atomic E-state index is 11.8. The summed E-state index contributed by atoms with van der Waals surface area (Å²) in [7, 11) is 0. The first kappa shape index (κ1) is 12.7. The molecule has 0 aromatic heterocycles. The molecule has 0 unspecified atom stereocenters. The standard InChI is InChI=1S/C13H11BrN2O2/c14-9-3-5-10(6-4-9)16-13(18)11(7-15)12(17)8-1-2-8/h3-6,8,17H,1-2H2,(H,16,18)/b12-11-. The van der Waals surface area contributed by atoms with Crippen molar-refractivity contribution in [1.29, 1.82) is 5.26 Å². The lowest BCUT2D eigenvalue weighted by atomic mass is 10.1. The molecule has 2 rings (SSSR count). The summed E-state index contributed by atoms with van der Waals surface area (Å²) in [5.41, 5.74) is 0.389. The zero-order chi connectivity index (χ0) is 13.1. The smallest absolute Gasteiger partial charge is 0.269 e. The minimum absolute atomic E-state index is 0.0182. The van der Waals surface area contributed by atoms with Gasteiger partial charge in [0.15, 0.2) is 5.57 Å². The van der Waals surface area contributed by atoms with Crippen molar-refractivity contribution in [3.8, 4) is 6.07 Å². The molecule has 1 amide bonds. The van der Waals surface area contributed by atoms with Gasteiger partial charge in [-0.05, 0) is 37.1 Å². The van der Waals surface area contributed by atoms with Gasteiger partial charge in [0.2, 0.25) is 0 Å². The third kappa shape index (κ3) is 2.90. The van der Waals surface area contributed by atoms with Gasteiger partial charge in [-0.2, -0.15) is 5.26 Å². The lowest BCUT2D eigenvalue weighted by molar-refractivity contribution is -0.112. The minimum atomic E-state index is -0.566. The molecular weight excluding hydrogens is 296 g/mol. The first-order valence-electron chi connectivity index (χ1n) is 5.52. The van der Waals surface area contributed by atoms with Crippen molar-refractivity contribution in [3.05, 3.63) is 40.1 Å². The molecule has 0 saturated heterocycles. The van der Waals surface area contributed by atoms with Crippen LogP contribution in [0, 0.1) is 17.2 Å². The van der Waals surface area contributed by atoms with Gasteiger partial charge in [-0.3, -0.25) is 4.79 Å². The lowest BCUT2D eigenvalue weighted by Gasteiger charge is -2.05. The Bertz CT molecular complexity index is 539. The summed E-state index contributed by atoms with van der Waals surface area (Å²) in [6.07, 6.45) is 1.67. The second-order valence-corrected chi connectivity index (χ2v) is 5.02. The summed E-state index contributed by atoms with van der Waals surface area (Å²) < 4.78 is 0.900. The number of anilines is 1. The van der Waals surface area contributed by atoms with Crippen LogP contribution in [-0.4, -0.2) is 11.0 Å². The maximum absolute atomic E-state index is 11.8. The predicted octanol–water partition coefficient (Wildman–Crippen LogP) is 3.13. The Balaban J connectivity index is 2.14. The van der Waals surface area contributed by atoms with Crippen molar-refractivity contribution >= 4 is 27.5 Å². The first-order valence-corrected chi connectivity index (χ1v) is 6.31. The van der Waals surface area contributed by atoms with Crippen LogP contribution in [0.1, 0.15) is 12.8 Å². The number of allylic oxidation sites excluding steroid dienone is 1. The van der Waals surface area contributed by atoms with Gasteiger partial charge >= 0.3 is 0 Å². The van der Waals surface area contributed by atoms with E-state index >= 15 is 0 Å². The van der Waals surface area contributed by atoms with E-state index in [1.54, 1.807) is 30.3 Å². The number of hydrogen-bond acceptors (Lipinski definition) is 3. The van der Waals surface area contributed by atoms with Gasteiger partial charge < -0.3 is 10.4 Å². The SMILES string of the molecule is N#C/C(C(=O)Nc1ccc(Br)cc1)=C(/O)C1CC1. The number of nitrogens with zero attached hydrogens (tertiary/aromatic N) is 1. The van der Waals surface area contributed by atoms with Crippen LogP contribution >= 0.6 is 15.9 Å². The fourth-order valence-corrected chi connectivity index (χ4v) is 1.78. The van der Waals surface area contributed by atoms with Crippen LogP contribution in [0.25, 0.3) is 0 Å². The van der Waals surface area contributed by atoms with Crippen molar-refractivity contribution in [1.82, 2.24) is 0 Å². The van der Waals surface area contributed by atoms with E-state index in [4.69, 9.17) is 5.26 Å². The van der Waals surface area contributed by atoms with Gasteiger partial charge in [0.1, 0.15) is 11.8 Å². The van der Waals surface area contributed by atoms with Crippen LogP contribution in [0.5, 0.6) is 0 Å². The van der Waals surface area contributed by atoms with Crippen LogP contribution in [0.15, 0.2) is 40.1 Å². The Morgan fingerprint density at radius 2 is 2.00 bits per heavy atom. The van der Waals surface area contributed by atoms with E-state index in [-0.39, 0.29) is 17.3 Å². The monoisotopic (exact) mass is 306 g/mol. The van der Waals surface area contributed by atoms with Gasteiger partial charge in [0.05, 0.1) is 0 Å². The number of benzene rings is 1. The quantitative estimate of drug-likeness (QED) is 0.512. The molecule has 0 aliphatic heterocycles. The number of halogens is 1. The topological polar surface area (TPSA) is 73.1 Å². The minimum Gasteiger partial charge on any atom is -0.510 e. The molecule has 4 nitrogen and oxygen atoms in total. The molecule has 5 heteroatoms. The third-order valence-corrected chi connectivity index (χ3v) is 3.19. The highest BCUT2D eigenvalue weighted by atomic mass is 79.9. The van der Waals surface area contributed by atoms with Crippen molar-refractivity contribution in [2.75, 3.05) is 5.32 Å². The highest BCUT2D eigenvalue weighted by Gasteiger charge is 2.30. The van der Waals surface area contributed by atoms with Gasteiger partial charge in [-0.15, -0.1) is 0 Å². The van der Waals surface area contributed by atoms with Crippen molar-refractivity contribution in [2.45, 2.75) is 12.8 Å². The molecule has 0 spiro atoms. The number of nitriles is 1. The number of nitrogens with one attached hydrogen (secondary N) is 1. The second-order valence-electron chi connectivity index (χ2n) is 4.11. The zero-order valence-corrected chi connectivity index (χ0v) is 11.1. The highest BCUT2D eigenvalue weighted by molar-refractivity contribution is 9.10. The molecule has 1 fully saturated rings. The Kier molecular flexibility index (Phi) is 3.68. The molecule has 0 heterocycles. The molecule has 18 heavy (non-hydrogen) atoms. The first-order chi connectivity index (χ1) is 8.61. The van der Waals surface area contributed by atoms with Crippen LogP contribution in [0.4, 0.5) is 5.69 Å². The molecule has 92 valence electrons. The molecule has 1 aromatic rings. The number of rotatable bonds is 3. The van der Waals surface area contributed by atoms with E-state index in [9.17, 15) is 9.90 Å². The summed E-state index contributed by atoms with van der Waals surface area (Å²) in [6.45, 7) is 0. The second kappa shape index (κ2) is 5.23. The maximum Gasteiger partial charge on any atom is 0.269 e. The van der Waals surface area contributed by atoms with Crippen LogP contribution in [0.3, 0.4) is 0 Å². The summed E-state index contributed by atoms with van der Waals surface area (Å²) in [5, 5.41) is 21.2. The van der Waals surface area contributed by atoms with E-state index in [0.29, 0.717) is 5.69 Å². The van der Waals surface area contributed by atoms with Crippen LogP contribution < -0.4 is 5.32 Å². The number of carbonyl (C=O) groups is 1. The summed E-state index contributed by atoms with van der Waals surface area (Å²) in [6, 6.07) is 8.76. The van der Waals surface area contributed by atoms with Gasteiger partial charge in [-0.25, -0.2) is 0 Å².